The Balaban J connectivity index is 1.99. The first kappa shape index (κ1) is 15.4. The van der Waals surface area contributed by atoms with E-state index >= 15 is 0 Å². The number of likely N-dealkylation sites (tertiary alicyclic amines) is 1. The second-order valence-corrected chi connectivity index (χ2v) is 7.20. The normalized spacial score (nSPS) is 19.7. The smallest absolute Gasteiger partial charge is 0.238 e. The highest BCUT2D eigenvalue weighted by Gasteiger charge is 2.21. The van der Waals surface area contributed by atoms with Crippen LogP contribution in [0.4, 0.5) is 5.69 Å². The van der Waals surface area contributed by atoms with E-state index in [1.807, 2.05) is 12.1 Å². The minimum absolute atomic E-state index is 0.0298. The minimum Gasteiger partial charge on any atom is -0.326 e. The van der Waals surface area contributed by atoms with Gasteiger partial charge in [0.05, 0.1) is 12.2 Å². The van der Waals surface area contributed by atoms with Crippen molar-refractivity contribution in [2.24, 2.45) is 5.73 Å². The molecule has 7 heteroatoms. The van der Waals surface area contributed by atoms with E-state index in [2.05, 4.69) is 58.0 Å². The number of anilines is 1. The summed E-state index contributed by atoms with van der Waals surface area (Å²) in [4.78, 5) is 14.1. The summed E-state index contributed by atoms with van der Waals surface area (Å²) >= 11 is 10.3. The molecule has 1 aliphatic rings. The predicted molar refractivity (Wildman–Crippen MR) is 87.2 cm³/mol. The number of nitrogens with zero attached hydrogens (tertiary/aromatic N) is 1. The van der Waals surface area contributed by atoms with Crippen LogP contribution >= 0.6 is 47.8 Å². The molecule has 2 rings (SSSR count). The lowest BCUT2D eigenvalue weighted by molar-refractivity contribution is -0.117. The molecular formula is C12H14Br3N3O. The van der Waals surface area contributed by atoms with Crippen LogP contribution in [0.25, 0.3) is 0 Å². The summed E-state index contributed by atoms with van der Waals surface area (Å²) in [6, 6.07) is 3.98. The van der Waals surface area contributed by atoms with E-state index in [-0.39, 0.29) is 11.9 Å². The van der Waals surface area contributed by atoms with E-state index < -0.39 is 0 Å². The number of amides is 1. The number of hydrogen-bond donors (Lipinski definition) is 2. The molecule has 104 valence electrons. The summed E-state index contributed by atoms with van der Waals surface area (Å²) in [6.07, 6.45) is 0.957. The van der Waals surface area contributed by atoms with Gasteiger partial charge in [-0.25, -0.2) is 0 Å². The van der Waals surface area contributed by atoms with E-state index in [9.17, 15) is 4.79 Å². The fraction of sp³-hybridized carbons (Fsp3) is 0.417. The Morgan fingerprint density at radius 1 is 1.37 bits per heavy atom. The second kappa shape index (κ2) is 6.67. The third-order valence-electron chi connectivity index (χ3n) is 2.95. The fourth-order valence-corrected chi connectivity index (χ4v) is 4.51. The maximum Gasteiger partial charge on any atom is 0.238 e. The van der Waals surface area contributed by atoms with Crippen LogP contribution in [0.1, 0.15) is 6.42 Å². The van der Waals surface area contributed by atoms with E-state index in [4.69, 9.17) is 5.73 Å². The van der Waals surface area contributed by atoms with Gasteiger partial charge in [0, 0.05) is 32.5 Å². The van der Waals surface area contributed by atoms with Crippen molar-refractivity contribution >= 4 is 59.4 Å². The number of nitrogens with one attached hydrogen (secondary N) is 1. The van der Waals surface area contributed by atoms with E-state index in [1.165, 1.54) is 0 Å². The molecule has 0 spiro atoms. The van der Waals surface area contributed by atoms with Crippen molar-refractivity contribution in [1.82, 2.24) is 4.90 Å². The van der Waals surface area contributed by atoms with Crippen LogP contribution in [0.3, 0.4) is 0 Å². The Morgan fingerprint density at radius 2 is 2.00 bits per heavy atom. The van der Waals surface area contributed by atoms with Gasteiger partial charge in [0.15, 0.2) is 0 Å². The molecule has 0 bridgehead atoms. The van der Waals surface area contributed by atoms with Crippen molar-refractivity contribution in [3.8, 4) is 0 Å². The van der Waals surface area contributed by atoms with Gasteiger partial charge in [-0.2, -0.15) is 0 Å². The summed E-state index contributed by atoms with van der Waals surface area (Å²) in [5, 5.41) is 2.91. The molecule has 1 aliphatic heterocycles. The zero-order valence-corrected chi connectivity index (χ0v) is 14.9. The topological polar surface area (TPSA) is 58.4 Å². The summed E-state index contributed by atoms with van der Waals surface area (Å²) < 4.78 is 2.61. The van der Waals surface area contributed by atoms with Crippen molar-refractivity contribution in [3.63, 3.8) is 0 Å². The molecule has 1 aromatic rings. The molecule has 1 saturated heterocycles. The summed E-state index contributed by atoms with van der Waals surface area (Å²) in [5.41, 5.74) is 6.57. The third-order valence-corrected chi connectivity index (χ3v) is 4.66. The van der Waals surface area contributed by atoms with Crippen LogP contribution in [-0.2, 0) is 4.79 Å². The van der Waals surface area contributed by atoms with E-state index in [1.54, 1.807) is 0 Å². The van der Waals surface area contributed by atoms with Crippen LogP contribution < -0.4 is 11.1 Å². The van der Waals surface area contributed by atoms with E-state index in [0.717, 1.165) is 38.6 Å². The van der Waals surface area contributed by atoms with Crippen molar-refractivity contribution in [2.75, 3.05) is 25.0 Å². The van der Waals surface area contributed by atoms with Crippen LogP contribution in [0.5, 0.6) is 0 Å². The Hall–Kier alpha value is 0.0500. The molecule has 0 unspecified atom stereocenters. The molecule has 0 aliphatic carbocycles. The van der Waals surface area contributed by atoms with Crippen molar-refractivity contribution < 1.29 is 4.79 Å². The summed E-state index contributed by atoms with van der Waals surface area (Å²) in [5.74, 6) is -0.0298. The highest BCUT2D eigenvalue weighted by Crippen LogP contribution is 2.34. The van der Waals surface area contributed by atoms with Gasteiger partial charge in [0.2, 0.25) is 5.91 Å². The average molecular weight is 456 g/mol. The van der Waals surface area contributed by atoms with Crippen LogP contribution in [0.2, 0.25) is 0 Å². The predicted octanol–water partition coefficient (Wildman–Crippen LogP) is 2.95. The number of hydrogen-bond acceptors (Lipinski definition) is 3. The Kier molecular flexibility index (Phi) is 5.42. The zero-order valence-electron chi connectivity index (χ0n) is 10.1. The van der Waals surface area contributed by atoms with Gasteiger partial charge in [-0.15, -0.1) is 0 Å². The third kappa shape index (κ3) is 4.26. The number of carbonyl (C=O) groups excluding carboxylic acids is 1. The fourth-order valence-electron chi connectivity index (χ4n) is 2.05. The van der Waals surface area contributed by atoms with E-state index in [0.29, 0.717) is 6.54 Å². The lowest BCUT2D eigenvalue weighted by Crippen LogP contribution is -2.33. The molecule has 0 aromatic heterocycles. The molecule has 19 heavy (non-hydrogen) atoms. The molecule has 0 radical (unpaired) electrons. The van der Waals surface area contributed by atoms with Gasteiger partial charge in [-0.05, 0) is 50.4 Å². The van der Waals surface area contributed by atoms with Gasteiger partial charge in [0.25, 0.3) is 0 Å². The van der Waals surface area contributed by atoms with Crippen molar-refractivity contribution in [2.45, 2.75) is 12.5 Å². The molecule has 3 N–H and O–H groups in total. The van der Waals surface area contributed by atoms with Crippen LogP contribution in [0.15, 0.2) is 25.6 Å². The summed E-state index contributed by atoms with van der Waals surface area (Å²) in [6.45, 7) is 2.05. The SMILES string of the molecule is N[C@H]1CCN(CC(=O)Nc2c(Br)cc(Br)cc2Br)C1. The van der Waals surface area contributed by atoms with Gasteiger partial charge in [-0.1, -0.05) is 15.9 Å². The minimum atomic E-state index is -0.0298. The quantitative estimate of drug-likeness (QED) is 0.736. The van der Waals surface area contributed by atoms with Crippen molar-refractivity contribution in [1.29, 1.82) is 0 Å². The average Bonchev–Trinajstić information content (AvgIpc) is 2.69. The summed E-state index contributed by atoms with van der Waals surface area (Å²) in [7, 11) is 0. The maximum absolute atomic E-state index is 12.0. The van der Waals surface area contributed by atoms with Gasteiger partial charge in [-0.3, -0.25) is 9.69 Å². The highest BCUT2D eigenvalue weighted by atomic mass is 79.9. The first-order valence-corrected chi connectivity index (χ1v) is 8.26. The first-order chi connectivity index (χ1) is 8.95. The standard InChI is InChI=1S/C12H14Br3N3O/c13-7-3-9(14)12(10(15)4-7)17-11(19)6-18-2-1-8(16)5-18/h3-4,8H,1-2,5-6,16H2,(H,17,19)/t8-/m0/s1. The Morgan fingerprint density at radius 3 is 2.53 bits per heavy atom. The molecule has 1 aromatic carbocycles. The number of carbonyl (C=O) groups is 1. The van der Waals surface area contributed by atoms with Gasteiger partial charge < -0.3 is 11.1 Å². The lowest BCUT2D eigenvalue weighted by Gasteiger charge is -2.16. The van der Waals surface area contributed by atoms with Crippen molar-refractivity contribution in [3.05, 3.63) is 25.6 Å². The van der Waals surface area contributed by atoms with Gasteiger partial charge >= 0.3 is 0 Å². The Bertz CT molecular complexity index is 472. The number of nitrogens with two attached hydrogens (primary N) is 1. The first-order valence-electron chi connectivity index (χ1n) is 5.88. The monoisotopic (exact) mass is 453 g/mol. The molecule has 1 fully saturated rings. The van der Waals surface area contributed by atoms with Crippen LogP contribution in [0, 0.1) is 0 Å². The molecular weight excluding hydrogens is 442 g/mol. The number of rotatable bonds is 3. The largest absolute Gasteiger partial charge is 0.326 e. The lowest BCUT2D eigenvalue weighted by atomic mass is 10.3. The zero-order chi connectivity index (χ0) is 14.0. The van der Waals surface area contributed by atoms with Crippen LogP contribution in [-0.4, -0.2) is 36.5 Å². The second-order valence-electron chi connectivity index (χ2n) is 4.58. The molecule has 1 amide bonds. The molecule has 0 saturated carbocycles. The molecule has 4 nitrogen and oxygen atoms in total. The molecule has 1 atom stereocenters. The van der Waals surface area contributed by atoms with Gasteiger partial charge in [0.1, 0.15) is 0 Å². The number of benzene rings is 1. The number of halogens is 3. The molecule has 1 heterocycles. The maximum atomic E-state index is 12.0. The highest BCUT2D eigenvalue weighted by molar-refractivity contribution is 9.11. The Labute approximate surface area is 137 Å².